The van der Waals surface area contributed by atoms with Crippen molar-refractivity contribution in [3.05, 3.63) is 53.8 Å². The number of nitrogens with zero attached hydrogens (tertiary/aromatic N) is 1. The Morgan fingerprint density at radius 2 is 1.85 bits per heavy atom. The van der Waals surface area contributed by atoms with Crippen LogP contribution in [0.15, 0.2) is 42.5 Å². The summed E-state index contributed by atoms with van der Waals surface area (Å²) in [5, 5.41) is 0. The predicted molar refractivity (Wildman–Crippen MR) is 88.5 cm³/mol. The molecule has 0 aliphatic rings. The maximum absolute atomic E-state index is 13.5. The lowest BCUT2D eigenvalue weighted by Gasteiger charge is -2.18. The van der Waals surface area contributed by atoms with Crippen molar-refractivity contribution in [1.82, 2.24) is 4.90 Å². The van der Waals surface area contributed by atoms with E-state index < -0.39 is 12.4 Å². The van der Waals surface area contributed by atoms with E-state index in [1.165, 1.54) is 42.3 Å². The summed E-state index contributed by atoms with van der Waals surface area (Å²) in [6.45, 7) is -2.71. The minimum absolute atomic E-state index is 0.0205. The van der Waals surface area contributed by atoms with Crippen LogP contribution in [0.25, 0.3) is 0 Å². The molecule has 0 saturated heterocycles. The van der Waals surface area contributed by atoms with Gasteiger partial charge in [-0.2, -0.15) is 8.78 Å². The number of amides is 1. The van der Waals surface area contributed by atoms with Crippen LogP contribution < -0.4 is 14.2 Å². The van der Waals surface area contributed by atoms with E-state index in [1.54, 1.807) is 19.2 Å². The summed E-state index contributed by atoms with van der Waals surface area (Å²) in [5.41, 5.74) is 0.233. The van der Waals surface area contributed by atoms with Crippen molar-refractivity contribution in [2.45, 2.75) is 6.61 Å². The van der Waals surface area contributed by atoms with E-state index in [2.05, 4.69) is 4.74 Å². The second kappa shape index (κ2) is 8.98. The molecule has 5 nitrogen and oxygen atoms in total. The molecule has 8 heteroatoms. The van der Waals surface area contributed by atoms with Crippen molar-refractivity contribution < 1.29 is 32.2 Å². The first-order chi connectivity index (χ1) is 12.4. The summed E-state index contributed by atoms with van der Waals surface area (Å²) in [6, 6.07) is 9.87. The highest BCUT2D eigenvalue weighted by molar-refractivity contribution is 5.94. The minimum atomic E-state index is -3.00. The summed E-state index contributed by atoms with van der Waals surface area (Å²) in [4.78, 5) is 13.8. The quantitative estimate of drug-likeness (QED) is 0.714. The summed E-state index contributed by atoms with van der Waals surface area (Å²) < 4.78 is 52.7. The fourth-order valence-corrected chi connectivity index (χ4v) is 2.17. The van der Waals surface area contributed by atoms with E-state index in [4.69, 9.17) is 9.47 Å². The molecule has 1 amide bonds. The first-order valence-electron chi connectivity index (χ1n) is 7.68. The molecule has 0 heterocycles. The number of rotatable bonds is 8. The van der Waals surface area contributed by atoms with Crippen molar-refractivity contribution in [2.24, 2.45) is 0 Å². The number of hydrogen-bond donors (Lipinski definition) is 0. The number of benzene rings is 2. The van der Waals surface area contributed by atoms with E-state index in [0.717, 1.165) is 0 Å². The van der Waals surface area contributed by atoms with Crippen molar-refractivity contribution in [1.29, 1.82) is 0 Å². The molecule has 0 atom stereocenters. The Bertz CT molecular complexity index is 755. The molecule has 0 spiro atoms. The summed E-state index contributed by atoms with van der Waals surface area (Å²) >= 11 is 0. The number of carbonyl (C=O) groups is 1. The molecule has 2 aromatic carbocycles. The van der Waals surface area contributed by atoms with Gasteiger partial charge in [0.05, 0.1) is 13.7 Å². The van der Waals surface area contributed by atoms with E-state index in [1.807, 2.05) is 0 Å². The van der Waals surface area contributed by atoms with E-state index in [0.29, 0.717) is 0 Å². The Balaban J connectivity index is 1.98. The Morgan fingerprint density at radius 3 is 2.50 bits per heavy atom. The SMILES string of the molecule is COc1cc(C(=O)N(C)CCOc2ccccc2F)ccc1OC(F)F. The average Bonchev–Trinajstić information content (AvgIpc) is 2.62. The number of carbonyl (C=O) groups excluding carboxylic acids is 1. The third-order valence-electron chi connectivity index (χ3n) is 3.49. The van der Waals surface area contributed by atoms with Crippen LogP contribution in [-0.4, -0.2) is 44.7 Å². The van der Waals surface area contributed by atoms with Gasteiger partial charge in [0.2, 0.25) is 0 Å². The molecule has 2 aromatic rings. The molecule has 0 radical (unpaired) electrons. The molecule has 0 fully saturated rings. The van der Waals surface area contributed by atoms with Gasteiger partial charge in [-0.15, -0.1) is 0 Å². The van der Waals surface area contributed by atoms with Gasteiger partial charge in [0, 0.05) is 12.6 Å². The smallest absolute Gasteiger partial charge is 0.387 e. The van der Waals surface area contributed by atoms with Crippen molar-refractivity contribution in [3.63, 3.8) is 0 Å². The summed E-state index contributed by atoms with van der Waals surface area (Å²) in [6.07, 6.45) is 0. The maximum atomic E-state index is 13.5. The fraction of sp³-hybridized carbons (Fsp3) is 0.278. The molecule has 0 N–H and O–H groups in total. The lowest BCUT2D eigenvalue weighted by Crippen LogP contribution is -2.31. The van der Waals surface area contributed by atoms with Gasteiger partial charge < -0.3 is 19.1 Å². The van der Waals surface area contributed by atoms with E-state index in [-0.39, 0.29) is 41.9 Å². The van der Waals surface area contributed by atoms with Crippen LogP contribution in [0.1, 0.15) is 10.4 Å². The van der Waals surface area contributed by atoms with Gasteiger partial charge in [-0.1, -0.05) is 12.1 Å². The normalized spacial score (nSPS) is 10.5. The first kappa shape index (κ1) is 19.4. The third-order valence-corrected chi connectivity index (χ3v) is 3.49. The van der Waals surface area contributed by atoms with Crippen molar-refractivity contribution in [2.75, 3.05) is 27.3 Å². The average molecular weight is 369 g/mol. The number of likely N-dealkylation sites (N-methyl/N-ethyl adjacent to an activating group) is 1. The van der Waals surface area contributed by atoms with Crippen molar-refractivity contribution in [3.8, 4) is 17.2 Å². The van der Waals surface area contributed by atoms with Gasteiger partial charge in [0.15, 0.2) is 23.1 Å². The molecule has 0 aliphatic heterocycles. The number of hydrogen-bond acceptors (Lipinski definition) is 4. The molecule has 2 rings (SSSR count). The van der Waals surface area contributed by atoms with Crippen LogP contribution in [0, 0.1) is 5.82 Å². The number of ether oxygens (including phenoxy) is 3. The Kier molecular flexibility index (Phi) is 6.71. The van der Waals surface area contributed by atoms with Gasteiger partial charge in [-0.05, 0) is 30.3 Å². The van der Waals surface area contributed by atoms with Gasteiger partial charge in [-0.25, -0.2) is 4.39 Å². The van der Waals surface area contributed by atoms with Crippen LogP contribution in [0.2, 0.25) is 0 Å². The lowest BCUT2D eigenvalue weighted by molar-refractivity contribution is -0.0512. The number of methoxy groups -OCH3 is 1. The van der Waals surface area contributed by atoms with Gasteiger partial charge in [0.25, 0.3) is 5.91 Å². The standard InChI is InChI=1S/C18H18F3NO4/c1-22(9-10-25-14-6-4-3-5-13(14)19)17(23)12-7-8-15(26-18(20)21)16(11-12)24-2/h3-8,11,18H,9-10H2,1-2H3. The monoisotopic (exact) mass is 369 g/mol. The minimum Gasteiger partial charge on any atom is -0.493 e. The third kappa shape index (κ3) is 5.05. The molecule has 0 aliphatic carbocycles. The molecule has 26 heavy (non-hydrogen) atoms. The summed E-state index contributed by atoms with van der Waals surface area (Å²) in [7, 11) is 2.83. The molecular formula is C18H18F3NO4. The molecule has 0 bridgehead atoms. The van der Waals surface area contributed by atoms with Gasteiger partial charge in [-0.3, -0.25) is 4.79 Å². The predicted octanol–water partition coefficient (Wildman–Crippen LogP) is 3.59. The van der Waals surface area contributed by atoms with Crippen LogP contribution in [0.4, 0.5) is 13.2 Å². The second-order valence-electron chi connectivity index (χ2n) is 5.25. The van der Waals surface area contributed by atoms with Crippen LogP contribution >= 0.6 is 0 Å². The summed E-state index contributed by atoms with van der Waals surface area (Å²) in [5.74, 6) is -0.898. The lowest BCUT2D eigenvalue weighted by atomic mass is 10.1. The van der Waals surface area contributed by atoms with E-state index >= 15 is 0 Å². The Morgan fingerprint density at radius 1 is 1.12 bits per heavy atom. The molecule has 140 valence electrons. The topological polar surface area (TPSA) is 48.0 Å². The van der Waals surface area contributed by atoms with Gasteiger partial charge >= 0.3 is 6.61 Å². The maximum Gasteiger partial charge on any atom is 0.387 e. The zero-order valence-corrected chi connectivity index (χ0v) is 14.2. The van der Waals surface area contributed by atoms with E-state index in [9.17, 15) is 18.0 Å². The fourth-order valence-electron chi connectivity index (χ4n) is 2.17. The highest BCUT2D eigenvalue weighted by Gasteiger charge is 2.17. The number of para-hydroxylation sites is 1. The number of alkyl halides is 2. The zero-order valence-electron chi connectivity index (χ0n) is 14.2. The van der Waals surface area contributed by atoms with Crippen LogP contribution in [-0.2, 0) is 0 Å². The highest BCUT2D eigenvalue weighted by atomic mass is 19.3. The largest absolute Gasteiger partial charge is 0.493 e. The second-order valence-corrected chi connectivity index (χ2v) is 5.25. The Labute approximate surface area is 148 Å². The molecular weight excluding hydrogens is 351 g/mol. The number of halogens is 3. The zero-order chi connectivity index (χ0) is 19.1. The first-order valence-corrected chi connectivity index (χ1v) is 7.68. The van der Waals surface area contributed by atoms with Crippen molar-refractivity contribution >= 4 is 5.91 Å². The van der Waals surface area contributed by atoms with Gasteiger partial charge in [0.1, 0.15) is 6.61 Å². The van der Waals surface area contributed by atoms with Crippen LogP contribution in [0.3, 0.4) is 0 Å². The molecule has 0 saturated carbocycles. The Hall–Kier alpha value is -2.90. The molecule has 0 unspecified atom stereocenters. The molecule has 0 aromatic heterocycles. The highest BCUT2D eigenvalue weighted by Crippen LogP contribution is 2.29. The van der Waals surface area contributed by atoms with Crippen LogP contribution in [0.5, 0.6) is 17.2 Å².